The number of aryl methyl sites for hydroxylation is 1. The predicted octanol–water partition coefficient (Wildman–Crippen LogP) is 6.37. The third kappa shape index (κ3) is 6.02. The molecule has 228 valence electrons. The van der Waals surface area contributed by atoms with Crippen molar-refractivity contribution in [3.05, 3.63) is 90.3 Å². The van der Waals surface area contributed by atoms with Crippen LogP contribution in [-0.2, 0) is 19.6 Å². The van der Waals surface area contributed by atoms with Crippen LogP contribution in [-0.4, -0.2) is 46.5 Å². The molecule has 44 heavy (non-hydrogen) atoms. The number of methoxy groups -OCH3 is 1. The average Bonchev–Trinajstić information content (AvgIpc) is 3.37. The fourth-order valence-electron chi connectivity index (χ4n) is 4.68. The molecule has 0 saturated heterocycles. The molecule has 0 spiro atoms. The summed E-state index contributed by atoms with van der Waals surface area (Å²) in [6.07, 6.45) is 2.10. The van der Waals surface area contributed by atoms with Gasteiger partial charge in [0.2, 0.25) is 0 Å². The first kappa shape index (κ1) is 30.7. The summed E-state index contributed by atoms with van der Waals surface area (Å²) in [6, 6.07) is 15.3. The van der Waals surface area contributed by atoms with E-state index in [-0.39, 0.29) is 45.2 Å². The molecule has 5 aromatic rings. The minimum Gasteiger partial charge on any atom is -0.469 e. The van der Waals surface area contributed by atoms with Gasteiger partial charge in [-0.3, -0.25) is 4.79 Å². The molecule has 1 N–H and O–H groups in total. The Labute approximate surface area is 254 Å². The van der Waals surface area contributed by atoms with Gasteiger partial charge in [-0.1, -0.05) is 68.8 Å². The summed E-state index contributed by atoms with van der Waals surface area (Å²) in [7, 11) is -2.91. The van der Waals surface area contributed by atoms with Crippen LogP contribution in [0, 0.1) is 24.0 Å². The number of ether oxygens (including phenoxy) is 1. The van der Waals surface area contributed by atoms with Gasteiger partial charge in [0.25, 0.3) is 10.0 Å². The fourth-order valence-corrected chi connectivity index (χ4v) is 6.00. The molecule has 0 amide bonds. The number of hydrogen-bond donors (Lipinski definition) is 1. The minimum atomic E-state index is -4.18. The number of carbonyl (C=O) groups excluding carboxylic acids is 1. The Morgan fingerprint density at radius 3 is 2.36 bits per heavy atom. The van der Waals surface area contributed by atoms with Crippen LogP contribution in [0.4, 0.5) is 14.6 Å². The average molecular weight is 620 g/mol. The highest BCUT2D eigenvalue weighted by Crippen LogP contribution is 2.36. The highest BCUT2D eigenvalue weighted by molar-refractivity contribution is 7.90. The van der Waals surface area contributed by atoms with Gasteiger partial charge >= 0.3 is 5.97 Å². The smallest absolute Gasteiger partial charge is 0.307 e. The summed E-state index contributed by atoms with van der Waals surface area (Å²) >= 11 is 0. The molecular formula is C32H31F2N5O4S. The van der Waals surface area contributed by atoms with Gasteiger partial charge < -0.3 is 10.1 Å². The fraction of sp³-hybridized carbons (Fsp3) is 0.250. The summed E-state index contributed by atoms with van der Waals surface area (Å²) in [4.78, 5) is 25.3. The highest BCUT2D eigenvalue weighted by Gasteiger charge is 2.31. The molecule has 1 atom stereocenters. The normalized spacial score (nSPS) is 12.7. The molecule has 0 radical (unpaired) electrons. The number of halogens is 2. The lowest BCUT2D eigenvalue weighted by atomic mass is 9.84. The SMILES string of the molecule is COC(=O)CC(Nc1nc(-c2cn(S(=O)(=O)c3ccc(C)cc3)c3ncc(F)cc23)nc(-c2ccccc2)c1F)C(C)(C)C. The number of esters is 1. The molecule has 2 aromatic carbocycles. The zero-order chi connectivity index (χ0) is 31.8. The Bertz CT molecular complexity index is 1960. The molecular weight excluding hydrogens is 588 g/mol. The molecule has 0 fully saturated rings. The Kier molecular flexibility index (Phi) is 8.21. The van der Waals surface area contributed by atoms with Crippen molar-refractivity contribution in [1.29, 1.82) is 0 Å². The van der Waals surface area contributed by atoms with Crippen LogP contribution in [0.1, 0.15) is 32.8 Å². The second-order valence-corrected chi connectivity index (χ2v) is 13.3. The van der Waals surface area contributed by atoms with Crippen molar-refractivity contribution in [2.45, 2.75) is 45.1 Å². The van der Waals surface area contributed by atoms with Crippen molar-refractivity contribution in [3.63, 3.8) is 0 Å². The Hall–Kier alpha value is -4.71. The van der Waals surface area contributed by atoms with E-state index in [1.54, 1.807) is 42.5 Å². The van der Waals surface area contributed by atoms with E-state index in [9.17, 15) is 17.6 Å². The van der Waals surface area contributed by atoms with Gasteiger partial charge in [-0.2, -0.15) is 0 Å². The third-order valence-corrected chi connectivity index (χ3v) is 8.91. The lowest BCUT2D eigenvalue weighted by molar-refractivity contribution is -0.141. The second-order valence-electron chi connectivity index (χ2n) is 11.4. The third-order valence-electron chi connectivity index (χ3n) is 7.25. The summed E-state index contributed by atoms with van der Waals surface area (Å²) < 4.78 is 64.1. The highest BCUT2D eigenvalue weighted by atomic mass is 32.2. The molecule has 0 bridgehead atoms. The van der Waals surface area contributed by atoms with E-state index < -0.39 is 39.1 Å². The largest absolute Gasteiger partial charge is 0.469 e. The molecule has 12 heteroatoms. The summed E-state index contributed by atoms with van der Waals surface area (Å²) in [5.41, 5.74) is 0.750. The second kappa shape index (κ2) is 11.8. The molecule has 9 nitrogen and oxygen atoms in total. The molecule has 1 unspecified atom stereocenters. The maximum atomic E-state index is 16.2. The summed E-state index contributed by atoms with van der Waals surface area (Å²) in [5, 5.41) is 3.17. The number of nitrogens with zero attached hydrogens (tertiary/aromatic N) is 4. The van der Waals surface area contributed by atoms with Crippen LogP contribution >= 0.6 is 0 Å². The molecule has 0 aliphatic rings. The van der Waals surface area contributed by atoms with Gasteiger partial charge in [-0.25, -0.2) is 36.1 Å². The van der Waals surface area contributed by atoms with E-state index in [1.807, 2.05) is 27.7 Å². The molecule has 3 aromatic heterocycles. The topological polar surface area (TPSA) is 116 Å². The number of rotatable bonds is 8. The van der Waals surface area contributed by atoms with Crippen LogP contribution in [0.15, 0.2) is 78.0 Å². The Morgan fingerprint density at radius 2 is 1.73 bits per heavy atom. The first-order chi connectivity index (χ1) is 20.8. The summed E-state index contributed by atoms with van der Waals surface area (Å²) in [6.45, 7) is 7.47. The van der Waals surface area contributed by atoms with Gasteiger partial charge in [0, 0.05) is 28.8 Å². The monoisotopic (exact) mass is 619 g/mol. The van der Waals surface area contributed by atoms with Crippen LogP contribution in [0.5, 0.6) is 0 Å². The van der Waals surface area contributed by atoms with Crippen LogP contribution in [0.2, 0.25) is 0 Å². The van der Waals surface area contributed by atoms with Crippen molar-refractivity contribution in [1.82, 2.24) is 18.9 Å². The predicted molar refractivity (Wildman–Crippen MR) is 163 cm³/mol. The van der Waals surface area contributed by atoms with Gasteiger partial charge in [0.05, 0.1) is 24.6 Å². The Balaban J connectivity index is 1.75. The van der Waals surface area contributed by atoms with E-state index in [0.717, 1.165) is 21.8 Å². The lowest BCUT2D eigenvalue weighted by Gasteiger charge is -2.31. The maximum absolute atomic E-state index is 16.2. The number of carbonyl (C=O) groups is 1. The quantitative estimate of drug-likeness (QED) is 0.199. The van der Waals surface area contributed by atoms with Crippen molar-refractivity contribution >= 4 is 32.8 Å². The number of anilines is 1. The van der Waals surface area contributed by atoms with Crippen molar-refractivity contribution in [3.8, 4) is 22.6 Å². The number of hydrogen-bond acceptors (Lipinski definition) is 8. The molecule has 0 saturated carbocycles. The van der Waals surface area contributed by atoms with Gasteiger partial charge in [0.15, 0.2) is 23.1 Å². The van der Waals surface area contributed by atoms with Crippen molar-refractivity contribution < 1.29 is 26.7 Å². The standard InChI is InChI=1S/C32H31F2N5O4S/c1-19-11-13-22(14-12-19)44(41,42)39-18-24(23-15-21(33)17-35-31(23)39)29-37-28(20-9-7-6-8-10-20)27(34)30(38-29)36-25(32(2,3)4)16-26(40)43-5/h6-15,17-18,25H,16H2,1-5H3,(H,36,37,38). The number of nitrogens with one attached hydrogen (secondary N) is 1. The van der Waals surface area contributed by atoms with Crippen molar-refractivity contribution in [2.75, 3.05) is 12.4 Å². The minimum absolute atomic E-state index is 0.000795. The number of fused-ring (bicyclic) bond motifs is 1. The first-order valence-corrected chi connectivity index (χ1v) is 15.2. The van der Waals surface area contributed by atoms with Gasteiger partial charge in [-0.15, -0.1) is 0 Å². The van der Waals surface area contributed by atoms with E-state index in [2.05, 4.69) is 20.3 Å². The summed E-state index contributed by atoms with van der Waals surface area (Å²) in [5.74, 6) is -2.28. The maximum Gasteiger partial charge on any atom is 0.307 e. The lowest BCUT2D eigenvalue weighted by Crippen LogP contribution is -2.37. The zero-order valence-electron chi connectivity index (χ0n) is 24.8. The van der Waals surface area contributed by atoms with E-state index in [0.29, 0.717) is 5.56 Å². The van der Waals surface area contributed by atoms with Gasteiger partial charge in [0.1, 0.15) is 11.5 Å². The van der Waals surface area contributed by atoms with E-state index in [4.69, 9.17) is 4.74 Å². The molecule has 0 aliphatic heterocycles. The molecule has 3 heterocycles. The van der Waals surface area contributed by atoms with Crippen LogP contribution in [0.3, 0.4) is 0 Å². The van der Waals surface area contributed by atoms with E-state index in [1.165, 1.54) is 25.4 Å². The molecule has 0 aliphatic carbocycles. The number of pyridine rings is 1. The van der Waals surface area contributed by atoms with Crippen molar-refractivity contribution in [2.24, 2.45) is 5.41 Å². The number of benzene rings is 2. The van der Waals surface area contributed by atoms with E-state index >= 15 is 4.39 Å². The van der Waals surface area contributed by atoms with Crippen LogP contribution < -0.4 is 5.32 Å². The first-order valence-electron chi connectivity index (χ1n) is 13.7. The van der Waals surface area contributed by atoms with Crippen LogP contribution in [0.25, 0.3) is 33.7 Å². The molecule has 5 rings (SSSR count). The van der Waals surface area contributed by atoms with Gasteiger partial charge in [-0.05, 0) is 30.5 Å². The number of aromatic nitrogens is 4. The zero-order valence-corrected chi connectivity index (χ0v) is 25.6. The Morgan fingerprint density at radius 1 is 1.05 bits per heavy atom.